The van der Waals surface area contributed by atoms with Crippen LogP contribution < -0.4 is 10.4 Å². The van der Waals surface area contributed by atoms with Crippen molar-refractivity contribution in [2.45, 2.75) is 20.5 Å². The van der Waals surface area contributed by atoms with Crippen LogP contribution >= 0.6 is 11.6 Å². The highest BCUT2D eigenvalue weighted by atomic mass is 35.5. The molecule has 7 nitrogen and oxygen atoms in total. The van der Waals surface area contributed by atoms with Crippen LogP contribution in [0, 0.1) is 13.8 Å². The minimum atomic E-state index is -0.312. The van der Waals surface area contributed by atoms with E-state index in [0.717, 1.165) is 33.7 Å². The molecule has 0 aliphatic carbocycles. The maximum atomic E-state index is 12.2. The van der Waals surface area contributed by atoms with E-state index >= 15 is 0 Å². The Morgan fingerprint density at radius 2 is 1.80 bits per heavy atom. The lowest BCUT2D eigenvalue weighted by molar-refractivity contribution is 0.303. The third-order valence-electron chi connectivity index (χ3n) is 4.84. The van der Waals surface area contributed by atoms with Crippen LogP contribution in [0.4, 0.5) is 0 Å². The maximum absolute atomic E-state index is 12.2. The fourth-order valence-electron chi connectivity index (χ4n) is 3.24. The molecule has 8 heteroatoms. The standard InChI is InChI=1S/C22H20ClN5O2/c1-14-12-20(15(2)11-17(14)18-8-6-10-21(23)24-18)30-13-16-7-4-5-9-19(16)28-22(29)27(3)25-26-28/h4-12H,13H2,1-3H3. The molecule has 0 saturated heterocycles. The van der Waals surface area contributed by atoms with Gasteiger partial charge in [-0.1, -0.05) is 35.9 Å². The Balaban J connectivity index is 1.62. The molecule has 0 fully saturated rings. The number of para-hydroxylation sites is 1. The third-order valence-corrected chi connectivity index (χ3v) is 5.05. The van der Waals surface area contributed by atoms with E-state index in [4.69, 9.17) is 16.3 Å². The molecule has 0 spiro atoms. The van der Waals surface area contributed by atoms with Crippen molar-refractivity contribution < 1.29 is 4.74 Å². The highest BCUT2D eigenvalue weighted by Gasteiger charge is 2.13. The first-order valence-corrected chi connectivity index (χ1v) is 9.76. The molecule has 30 heavy (non-hydrogen) atoms. The first kappa shape index (κ1) is 19.8. The number of ether oxygens (including phenoxy) is 1. The van der Waals surface area contributed by atoms with E-state index in [1.165, 1.54) is 9.36 Å². The first-order valence-electron chi connectivity index (χ1n) is 9.38. The smallest absolute Gasteiger partial charge is 0.368 e. The van der Waals surface area contributed by atoms with Crippen molar-refractivity contribution in [3.05, 3.63) is 86.9 Å². The van der Waals surface area contributed by atoms with Gasteiger partial charge in [0.1, 0.15) is 17.5 Å². The number of hydrogen-bond donors (Lipinski definition) is 0. The molecule has 2 aromatic heterocycles. The van der Waals surface area contributed by atoms with Crippen LogP contribution in [-0.4, -0.2) is 24.8 Å². The Morgan fingerprint density at radius 1 is 1.00 bits per heavy atom. The second kappa shape index (κ2) is 8.12. The Bertz CT molecular complexity index is 1280. The van der Waals surface area contributed by atoms with Crippen LogP contribution in [0.5, 0.6) is 5.75 Å². The number of pyridine rings is 1. The molecule has 0 N–H and O–H groups in total. The fraction of sp³-hybridized carbons (Fsp3) is 0.182. The Hall–Kier alpha value is -3.45. The van der Waals surface area contributed by atoms with Crippen LogP contribution in [0.2, 0.25) is 5.15 Å². The summed E-state index contributed by atoms with van der Waals surface area (Å²) in [6.07, 6.45) is 0. The number of tetrazole rings is 1. The molecule has 0 unspecified atom stereocenters. The summed E-state index contributed by atoms with van der Waals surface area (Å²) in [5.74, 6) is 0.763. The number of aromatic nitrogens is 5. The average molecular weight is 422 g/mol. The van der Waals surface area contributed by atoms with Gasteiger partial charge in [-0.05, 0) is 65.7 Å². The van der Waals surface area contributed by atoms with E-state index in [0.29, 0.717) is 10.8 Å². The van der Waals surface area contributed by atoms with E-state index < -0.39 is 0 Å². The van der Waals surface area contributed by atoms with Crippen molar-refractivity contribution in [1.29, 1.82) is 0 Å². The molecule has 4 aromatic rings. The molecule has 0 aliphatic rings. The number of rotatable bonds is 5. The Labute approximate surface area is 178 Å². The van der Waals surface area contributed by atoms with Crippen LogP contribution in [0.25, 0.3) is 16.9 Å². The molecule has 0 amide bonds. The maximum Gasteiger partial charge on any atom is 0.368 e. The van der Waals surface area contributed by atoms with Crippen LogP contribution in [0.3, 0.4) is 0 Å². The van der Waals surface area contributed by atoms with Crippen LogP contribution in [0.15, 0.2) is 59.4 Å². The van der Waals surface area contributed by atoms with Gasteiger partial charge in [-0.15, -0.1) is 0 Å². The molecule has 2 aromatic carbocycles. The normalized spacial score (nSPS) is 10.9. The lowest BCUT2D eigenvalue weighted by Gasteiger charge is -2.15. The number of benzene rings is 2. The summed E-state index contributed by atoms with van der Waals surface area (Å²) < 4.78 is 8.57. The molecular weight excluding hydrogens is 402 g/mol. The molecule has 2 heterocycles. The first-order chi connectivity index (χ1) is 14.4. The zero-order valence-electron chi connectivity index (χ0n) is 16.8. The fourth-order valence-corrected chi connectivity index (χ4v) is 3.40. The minimum Gasteiger partial charge on any atom is -0.489 e. The van der Waals surface area contributed by atoms with Crippen molar-refractivity contribution in [2.75, 3.05) is 0 Å². The summed E-state index contributed by atoms with van der Waals surface area (Å²) in [6.45, 7) is 4.29. The molecule has 0 aliphatic heterocycles. The van der Waals surface area contributed by atoms with Gasteiger partial charge in [0.05, 0.1) is 11.4 Å². The molecular formula is C22H20ClN5O2. The zero-order valence-corrected chi connectivity index (χ0v) is 17.6. The van der Waals surface area contributed by atoms with Crippen LogP contribution in [-0.2, 0) is 13.7 Å². The van der Waals surface area contributed by atoms with E-state index in [1.54, 1.807) is 13.1 Å². The summed E-state index contributed by atoms with van der Waals surface area (Å²) in [6, 6.07) is 17.1. The summed E-state index contributed by atoms with van der Waals surface area (Å²) in [5.41, 5.74) is 5.00. The second-order valence-corrected chi connectivity index (χ2v) is 7.38. The minimum absolute atomic E-state index is 0.286. The second-order valence-electron chi connectivity index (χ2n) is 6.99. The van der Waals surface area contributed by atoms with Crippen molar-refractivity contribution >= 4 is 11.6 Å². The molecule has 0 saturated carbocycles. The number of nitrogens with zero attached hydrogens (tertiary/aromatic N) is 5. The predicted octanol–water partition coefficient (Wildman–Crippen LogP) is 3.88. The van der Waals surface area contributed by atoms with Gasteiger partial charge in [-0.2, -0.15) is 9.36 Å². The van der Waals surface area contributed by atoms with Crippen LogP contribution in [0.1, 0.15) is 16.7 Å². The molecule has 0 atom stereocenters. The van der Waals surface area contributed by atoms with Gasteiger partial charge in [0.2, 0.25) is 0 Å². The van der Waals surface area contributed by atoms with E-state index in [1.807, 2.05) is 62.4 Å². The molecule has 0 bridgehead atoms. The topological polar surface area (TPSA) is 74.8 Å². The van der Waals surface area contributed by atoms with Gasteiger partial charge in [0, 0.05) is 18.2 Å². The molecule has 4 rings (SSSR count). The van der Waals surface area contributed by atoms with Gasteiger partial charge in [0.15, 0.2) is 0 Å². The highest BCUT2D eigenvalue weighted by molar-refractivity contribution is 6.29. The Morgan fingerprint density at radius 3 is 2.53 bits per heavy atom. The molecule has 0 radical (unpaired) electrons. The van der Waals surface area contributed by atoms with Crippen molar-refractivity contribution in [2.24, 2.45) is 7.05 Å². The quantitative estimate of drug-likeness (QED) is 0.457. The van der Waals surface area contributed by atoms with Crippen molar-refractivity contribution in [3.8, 4) is 22.7 Å². The summed E-state index contributed by atoms with van der Waals surface area (Å²) in [4.78, 5) is 16.6. The SMILES string of the molecule is Cc1cc(-c2cccc(Cl)n2)c(C)cc1OCc1ccccc1-n1nnn(C)c1=O. The lowest BCUT2D eigenvalue weighted by atomic mass is 10.0. The number of halogens is 1. The molecule has 152 valence electrons. The van der Waals surface area contributed by atoms with Gasteiger partial charge < -0.3 is 4.74 Å². The zero-order chi connectivity index (χ0) is 21.3. The summed E-state index contributed by atoms with van der Waals surface area (Å²) in [7, 11) is 1.56. The van der Waals surface area contributed by atoms with Gasteiger partial charge in [-0.3, -0.25) is 0 Å². The largest absolute Gasteiger partial charge is 0.489 e. The average Bonchev–Trinajstić information content (AvgIpc) is 3.07. The summed E-state index contributed by atoms with van der Waals surface area (Å²) >= 11 is 6.04. The van der Waals surface area contributed by atoms with E-state index in [9.17, 15) is 4.79 Å². The van der Waals surface area contributed by atoms with E-state index in [-0.39, 0.29) is 12.3 Å². The highest BCUT2D eigenvalue weighted by Crippen LogP contribution is 2.30. The Kier molecular flexibility index (Phi) is 5.37. The third kappa shape index (κ3) is 3.84. The lowest BCUT2D eigenvalue weighted by Crippen LogP contribution is -2.23. The number of aryl methyl sites for hydroxylation is 3. The van der Waals surface area contributed by atoms with Gasteiger partial charge >= 0.3 is 5.69 Å². The predicted molar refractivity (Wildman–Crippen MR) is 115 cm³/mol. The number of hydrogen-bond acceptors (Lipinski definition) is 5. The summed E-state index contributed by atoms with van der Waals surface area (Å²) in [5, 5.41) is 8.17. The monoisotopic (exact) mass is 421 g/mol. The van der Waals surface area contributed by atoms with Crippen molar-refractivity contribution in [1.82, 2.24) is 24.8 Å². The van der Waals surface area contributed by atoms with Gasteiger partial charge in [-0.25, -0.2) is 9.78 Å². The van der Waals surface area contributed by atoms with Gasteiger partial charge in [0.25, 0.3) is 0 Å². The van der Waals surface area contributed by atoms with Crippen molar-refractivity contribution in [3.63, 3.8) is 0 Å². The van der Waals surface area contributed by atoms with E-state index in [2.05, 4.69) is 15.4 Å².